The lowest BCUT2D eigenvalue weighted by molar-refractivity contribution is -0.136. The molecule has 1 aromatic carbocycles. The van der Waals surface area contributed by atoms with Crippen LogP contribution in [0.2, 0.25) is 0 Å². The van der Waals surface area contributed by atoms with Crippen molar-refractivity contribution in [1.82, 2.24) is 10.6 Å². The number of benzene rings is 1. The Labute approximate surface area is 113 Å². The first kappa shape index (κ1) is 15.0. The van der Waals surface area contributed by atoms with Gasteiger partial charge in [0.05, 0.1) is 12.5 Å². The lowest BCUT2D eigenvalue weighted by atomic mass is 10.0. The maximum atomic E-state index is 11.7. The van der Waals surface area contributed by atoms with Crippen molar-refractivity contribution in [3.63, 3.8) is 0 Å². The van der Waals surface area contributed by atoms with Crippen molar-refractivity contribution < 1.29 is 14.7 Å². The summed E-state index contributed by atoms with van der Waals surface area (Å²) in [6.07, 6.45) is 1.72. The molecule has 0 aliphatic carbocycles. The molecule has 0 aliphatic rings. The van der Waals surface area contributed by atoms with Crippen molar-refractivity contribution in [2.45, 2.75) is 32.2 Å². The van der Waals surface area contributed by atoms with Gasteiger partial charge in [0.25, 0.3) is 0 Å². The van der Waals surface area contributed by atoms with Crippen LogP contribution in [0.3, 0.4) is 0 Å². The van der Waals surface area contributed by atoms with Crippen LogP contribution < -0.4 is 10.6 Å². The van der Waals surface area contributed by atoms with E-state index in [0.717, 1.165) is 18.4 Å². The van der Waals surface area contributed by atoms with Crippen LogP contribution in [0.25, 0.3) is 0 Å². The molecule has 5 nitrogen and oxygen atoms in total. The zero-order valence-electron chi connectivity index (χ0n) is 11.1. The number of carboxylic acid groups (broad SMARTS) is 1. The number of carboxylic acids is 1. The zero-order valence-corrected chi connectivity index (χ0v) is 11.1. The minimum absolute atomic E-state index is 0.0453. The van der Waals surface area contributed by atoms with E-state index < -0.39 is 5.97 Å². The molecule has 0 fully saturated rings. The van der Waals surface area contributed by atoms with Crippen LogP contribution in [0.15, 0.2) is 30.3 Å². The Morgan fingerprint density at radius 2 is 1.95 bits per heavy atom. The van der Waals surface area contributed by atoms with Crippen LogP contribution in [0.5, 0.6) is 0 Å². The highest BCUT2D eigenvalue weighted by atomic mass is 16.4. The summed E-state index contributed by atoms with van der Waals surface area (Å²) >= 11 is 0. The topological polar surface area (TPSA) is 78.4 Å². The molecule has 1 atom stereocenters. The summed E-state index contributed by atoms with van der Waals surface area (Å²) in [5, 5.41) is 13.9. The molecule has 0 bridgehead atoms. The van der Waals surface area contributed by atoms with Crippen LogP contribution in [-0.2, 0) is 4.79 Å². The van der Waals surface area contributed by atoms with Gasteiger partial charge in [0.15, 0.2) is 0 Å². The number of amides is 2. The molecule has 19 heavy (non-hydrogen) atoms. The van der Waals surface area contributed by atoms with Gasteiger partial charge in [0.2, 0.25) is 0 Å². The molecule has 1 aromatic rings. The van der Waals surface area contributed by atoms with Gasteiger partial charge < -0.3 is 15.7 Å². The number of rotatable bonds is 7. The second-order valence-corrected chi connectivity index (χ2v) is 4.30. The van der Waals surface area contributed by atoms with Crippen LogP contribution >= 0.6 is 0 Å². The van der Waals surface area contributed by atoms with Gasteiger partial charge in [0.1, 0.15) is 0 Å². The SMILES string of the molecule is CCCC(NC(=O)NCCC(=O)O)c1ccccc1. The fraction of sp³-hybridized carbons (Fsp3) is 0.429. The normalized spacial score (nSPS) is 11.6. The summed E-state index contributed by atoms with van der Waals surface area (Å²) in [5.74, 6) is -0.923. The third kappa shape index (κ3) is 5.90. The largest absolute Gasteiger partial charge is 0.481 e. The van der Waals surface area contributed by atoms with Crippen molar-refractivity contribution >= 4 is 12.0 Å². The molecule has 0 spiro atoms. The van der Waals surface area contributed by atoms with E-state index in [4.69, 9.17) is 5.11 Å². The first-order valence-electron chi connectivity index (χ1n) is 6.44. The van der Waals surface area contributed by atoms with Crippen LogP contribution in [0.1, 0.15) is 37.8 Å². The lowest BCUT2D eigenvalue weighted by Gasteiger charge is -2.18. The predicted octanol–water partition coefficient (Wildman–Crippen LogP) is 2.30. The molecule has 0 saturated heterocycles. The number of aliphatic carboxylic acids is 1. The molecule has 0 aliphatic heterocycles. The van der Waals surface area contributed by atoms with Crippen LogP contribution in [0, 0.1) is 0 Å². The molecule has 5 heteroatoms. The third-order valence-electron chi connectivity index (χ3n) is 2.71. The van der Waals surface area contributed by atoms with Crippen molar-refractivity contribution in [3.05, 3.63) is 35.9 Å². The van der Waals surface area contributed by atoms with Gasteiger partial charge in [-0.25, -0.2) is 4.79 Å². The van der Waals surface area contributed by atoms with E-state index >= 15 is 0 Å². The second-order valence-electron chi connectivity index (χ2n) is 4.30. The number of carbonyl (C=O) groups is 2. The Hall–Kier alpha value is -2.04. The average Bonchev–Trinajstić information content (AvgIpc) is 2.39. The molecule has 1 unspecified atom stereocenters. The third-order valence-corrected chi connectivity index (χ3v) is 2.71. The molecule has 0 radical (unpaired) electrons. The first-order chi connectivity index (χ1) is 9.13. The average molecular weight is 264 g/mol. The van der Waals surface area contributed by atoms with Gasteiger partial charge in [-0.05, 0) is 12.0 Å². The Balaban J connectivity index is 2.49. The molecule has 0 saturated carbocycles. The summed E-state index contributed by atoms with van der Waals surface area (Å²) in [7, 11) is 0. The minimum atomic E-state index is -0.923. The molecule has 104 valence electrons. The maximum Gasteiger partial charge on any atom is 0.315 e. The van der Waals surface area contributed by atoms with E-state index in [2.05, 4.69) is 17.6 Å². The van der Waals surface area contributed by atoms with Crippen molar-refractivity contribution in [2.75, 3.05) is 6.54 Å². The highest BCUT2D eigenvalue weighted by molar-refractivity contribution is 5.75. The molecule has 0 heterocycles. The summed E-state index contributed by atoms with van der Waals surface area (Å²) in [6, 6.07) is 9.36. The van der Waals surface area contributed by atoms with E-state index in [1.54, 1.807) is 0 Å². The highest BCUT2D eigenvalue weighted by Gasteiger charge is 2.13. The van der Waals surface area contributed by atoms with Gasteiger partial charge in [-0.15, -0.1) is 0 Å². The zero-order chi connectivity index (χ0) is 14.1. The Kier molecular flexibility index (Phi) is 6.43. The van der Waals surface area contributed by atoms with E-state index in [9.17, 15) is 9.59 Å². The number of hydrogen-bond acceptors (Lipinski definition) is 2. The molecule has 0 aromatic heterocycles. The Bertz CT molecular complexity index is 406. The molecule has 3 N–H and O–H groups in total. The maximum absolute atomic E-state index is 11.7. The number of urea groups is 1. The highest BCUT2D eigenvalue weighted by Crippen LogP contribution is 2.17. The Morgan fingerprint density at radius 1 is 1.26 bits per heavy atom. The van der Waals surface area contributed by atoms with Gasteiger partial charge in [-0.1, -0.05) is 43.7 Å². The van der Waals surface area contributed by atoms with Gasteiger partial charge in [0, 0.05) is 6.54 Å². The van der Waals surface area contributed by atoms with E-state index in [1.165, 1.54) is 0 Å². The smallest absolute Gasteiger partial charge is 0.315 e. The fourth-order valence-electron chi connectivity index (χ4n) is 1.79. The monoisotopic (exact) mass is 264 g/mol. The second kappa shape index (κ2) is 8.13. The molecular formula is C14H20N2O3. The van der Waals surface area contributed by atoms with Crippen molar-refractivity contribution in [2.24, 2.45) is 0 Å². The van der Waals surface area contributed by atoms with Crippen LogP contribution in [0.4, 0.5) is 4.79 Å². The minimum Gasteiger partial charge on any atom is -0.481 e. The van der Waals surface area contributed by atoms with Crippen molar-refractivity contribution in [3.8, 4) is 0 Å². The van der Waals surface area contributed by atoms with Gasteiger partial charge in [-0.2, -0.15) is 0 Å². The fourth-order valence-corrected chi connectivity index (χ4v) is 1.79. The van der Waals surface area contributed by atoms with Gasteiger partial charge >= 0.3 is 12.0 Å². The molecular weight excluding hydrogens is 244 g/mol. The van der Waals surface area contributed by atoms with E-state index in [-0.39, 0.29) is 25.0 Å². The summed E-state index contributed by atoms with van der Waals surface area (Å²) in [5.41, 5.74) is 1.05. The van der Waals surface area contributed by atoms with E-state index in [0.29, 0.717) is 0 Å². The van der Waals surface area contributed by atoms with Gasteiger partial charge in [-0.3, -0.25) is 4.79 Å². The molecule has 1 rings (SSSR count). The number of hydrogen-bond donors (Lipinski definition) is 3. The summed E-state index contributed by atoms with van der Waals surface area (Å²) in [6.45, 7) is 2.19. The van der Waals surface area contributed by atoms with Crippen LogP contribution in [-0.4, -0.2) is 23.7 Å². The number of nitrogens with one attached hydrogen (secondary N) is 2. The first-order valence-corrected chi connectivity index (χ1v) is 6.44. The Morgan fingerprint density at radius 3 is 2.53 bits per heavy atom. The summed E-state index contributed by atoms with van der Waals surface area (Å²) in [4.78, 5) is 22.0. The number of carbonyl (C=O) groups excluding carboxylic acids is 1. The predicted molar refractivity (Wildman–Crippen MR) is 72.9 cm³/mol. The van der Waals surface area contributed by atoms with Crippen molar-refractivity contribution in [1.29, 1.82) is 0 Å². The van der Waals surface area contributed by atoms with E-state index in [1.807, 2.05) is 30.3 Å². The summed E-state index contributed by atoms with van der Waals surface area (Å²) < 4.78 is 0. The lowest BCUT2D eigenvalue weighted by Crippen LogP contribution is -2.38. The standard InChI is InChI=1S/C14H20N2O3/c1-2-6-12(11-7-4-3-5-8-11)16-14(19)15-10-9-13(17)18/h3-5,7-8,12H,2,6,9-10H2,1H3,(H,17,18)(H2,15,16,19). The molecule has 2 amide bonds. The quantitative estimate of drug-likeness (QED) is 0.707.